The van der Waals surface area contributed by atoms with Gasteiger partial charge in [-0.2, -0.15) is 10.2 Å². The van der Waals surface area contributed by atoms with Gasteiger partial charge in [-0.1, -0.05) is 0 Å². The molecule has 0 radical (unpaired) electrons. The van der Waals surface area contributed by atoms with Crippen LogP contribution >= 0.6 is 0 Å². The van der Waals surface area contributed by atoms with Crippen LogP contribution in [-0.4, -0.2) is 40.2 Å². The lowest BCUT2D eigenvalue weighted by molar-refractivity contribution is 0.394. The molecule has 0 unspecified atom stereocenters. The predicted molar refractivity (Wildman–Crippen MR) is 94.7 cm³/mol. The van der Waals surface area contributed by atoms with Gasteiger partial charge in [-0.15, -0.1) is 0 Å². The van der Waals surface area contributed by atoms with Gasteiger partial charge in [-0.05, 0) is 24.6 Å². The van der Waals surface area contributed by atoms with Gasteiger partial charge in [0.2, 0.25) is 0 Å². The summed E-state index contributed by atoms with van der Waals surface area (Å²) in [5.41, 5.74) is 4.75. The van der Waals surface area contributed by atoms with E-state index in [2.05, 4.69) is 25.6 Å². The van der Waals surface area contributed by atoms with E-state index in [0.29, 0.717) is 17.4 Å². The van der Waals surface area contributed by atoms with Crippen LogP contribution in [0.15, 0.2) is 48.1 Å². The van der Waals surface area contributed by atoms with Gasteiger partial charge in [-0.25, -0.2) is 14.6 Å². The number of hydrazone groups is 1. The van der Waals surface area contributed by atoms with E-state index < -0.39 is 0 Å². The second-order valence-electron chi connectivity index (χ2n) is 5.20. The maximum Gasteiger partial charge on any atom is 0.158 e. The van der Waals surface area contributed by atoms with Crippen LogP contribution in [0.4, 0.5) is 5.82 Å². The molecule has 8 heteroatoms. The fraction of sp³-hybridized carbons (Fsp3) is 0.176. The highest BCUT2D eigenvalue weighted by Gasteiger charge is 2.04. The summed E-state index contributed by atoms with van der Waals surface area (Å²) in [5, 5.41) is 8.43. The van der Waals surface area contributed by atoms with Crippen molar-refractivity contribution in [2.45, 2.75) is 6.92 Å². The van der Waals surface area contributed by atoms with Crippen LogP contribution < -0.4 is 14.9 Å². The first-order valence-electron chi connectivity index (χ1n) is 7.54. The molecule has 0 atom stereocenters. The van der Waals surface area contributed by atoms with E-state index in [1.54, 1.807) is 43.4 Å². The van der Waals surface area contributed by atoms with E-state index in [-0.39, 0.29) is 0 Å². The van der Waals surface area contributed by atoms with E-state index in [1.807, 2.05) is 25.3 Å². The van der Waals surface area contributed by atoms with Crippen molar-refractivity contribution in [1.29, 1.82) is 0 Å². The maximum atomic E-state index is 5.33. The van der Waals surface area contributed by atoms with Crippen LogP contribution in [0.25, 0.3) is 5.82 Å². The number of rotatable bonds is 6. The van der Waals surface area contributed by atoms with Crippen molar-refractivity contribution in [2.75, 3.05) is 19.6 Å². The molecular weight excluding hydrogens is 320 g/mol. The number of ether oxygens (including phenoxy) is 2. The lowest BCUT2D eigenvalue weighted by Gasteiger charge is -2.07. The minimum absolute atomic E-state index is 0.557. The van der Waals surface area contributed by atoms with Gasteiger partial charge in [-0.3, -0.25) is 5.43 Å². The smallest absolute Gasteiger partial charge is 0.158 e. The number of nitrogens with zero attached hydrogens (tertiary/aromatic N) is 5. The van der Waals surface area contributed by atoms with Crippen LogP contribution in [0.3, 0.4) is 0 Å². The summed E-state index contributed by atoms with van der Waals surface area (Å²) in [5.74, 6) is 2.60. The summed E-state index contributed by atoms with van der Waals surface area (Å²) in [6.07, 6.45) is 6.76. The number of aromatic nitrogens is 4. The lowest BCUT2D eigenvalue weighted by Crippen LogP contribution is -2.01. The van der Waals surface area contributed by atoms with Crippen molar-refractivity contribution < 1.29 is 9.47 Å². The third-order valence-corrected chi connectivity index (χ3v) is 3.42. The molecule has 2 heterocycles. The van der Waals surface area contributed by atoms with E-state index in [1.165, 1.54) is 6.33 Å². The van der Waals surface area contributed by atoms with E-state index in [4.69, 9.17) is 9.47 Å². The normalized spacial score (nSPS) is 10.8. The molecule has 1 aromatic carbocycles. The molecule has 0 saturated heterocycles. The van der Waals surface area contributed by atoms with Crippen molar-refractivity contribution in [3.05, 3.63) is 54.1 Å². The Morgan fingerprint density at radius 3 is 2.76 bits per heavy atom. The predicted octanol–water partition coefficient (Wildman–Crippen LogP) is 2.43. The summed E-state index contributed by atoms with van der Waals surface area (Å²) in [6.45, 7) is 1.97. The molecule has 0 bridgehead atoms. The van der Waals surface area contributed by atoms with E-state index >= 15 is 0 Å². The second-order valence-corrected chi connectivity index (χ2v) is 5.20. The van der Waals surface area contributed by atoms with Gasteiger partial charge in [0, 0.05) is 23.9 Å². The van der Waals surface area contributed by atoms with Crippen LogP contribution in [0.1, 0.15) is 11.1 Å². The standard InChI is InChI=1S/C17H18N6O2/c1-12-8-21-23(10-12)17-7-16(18-11-19-17)22-20-9-13-4-5-14(24-2)6-15(13)25-3/h4-11H,1-3H3,(H,18,19,22)/b20-9+. The zero-order valence-corrected chi connectivity index (χ0v) is 14.2. The van der Waals surface area contributed by atoms with Gasteiger partial charge >= 0.3 is 0 Å². The highest BCUT2D eigenvalue weighted by molar-refractivity contribution is 5.84. The summed E-state index contributed by atoms with van der Waals surface area (Å²) in [4.78, 5) is 8.34. The zero-order valence-electron chi connectivity index (χ0n) is 14.2. The van der Waals surface area contributed by atoms with Gasteiger partial charge in [0.1, 0.15) is 17.8 Å². The van der Waals surface area contributed by atoms with Crippen LogP contribution in [0.2, 0.25) is 0 Å². The summed E-state index contributed by atoms with van der Waals surface area (Å²) in [6, 6.07) is 7.26. The van der Waals surface area contributed by atoms with Crippen molar-refractivity contribution in [3.63, 3.8) is 0 Å². The monoisotopic (exact) mass is 338 g/mol. The Labute approximate surface area is 145 Å². The first kappa shape index (κ1) is 16.4. The highest BCUT2D eigenvalue weighted by Crippen LogP contribution is 2.23. The average Bonchev–Trinajstić information content (AvgIpc) is 3.08. The van der Waals surface area contributed by atoms with Gasteiger partial charge in [0.15, 0.2) is 11.6 Å². The number of nitrogens with one attached hydrogen (secondary N) is 1. The topological polar surface area (TPSA) is 86.5 Å². The molecule has 25 heavy (non-hydrogen) atoms. The summed E-state index contributed by atoms with van der Waals surface area (Å²) < 4.78 is 12.2. The fourth-order valence-corrected chi connectivity index (χ4v) is 2.16. The quantitative estimate of drug-likeness (QED) is 0.549. The highest BCUT2D eigenvalue weighted by atomic mass is 16.5. The number of hydrogen-bond acceptors (Lipinski definition) is 7. The van der Waals surface area contributed by atoms with Gasteiger partial charge in [0.25, 0.3) is 0 Å². The Morgan fingerprint density at radius 1 is 1.16 bits per heavy atom. The second kappa shape index (κ2) is 7.43. The van der Waals surface area contributed by atoms with Crippen molar-refractivity contribution in [3.8, 4) is 17.3 Å². The summed E-state index contributed by atoms with van der Waals surface area (Å²) >= 11 is 0. The lowest BCUT2D eigenvalue weighted by atomic mass is 10.2. The van der Waals surface area contributed by atoms with Crippen LogP contribution in [0, 0.1) is 6.92 Å². The Hall–Kier alpha value is -3.42. The fourth-order valence-electron chi connectivity index (χ4n) is 2.16. The van der Waals surface area contributed by atoms with Gasteiger partial charge < -0.3 is 9.47 Å². The Balaban J connectivity index is 1.74. The molecule has 128 valence electrons. The van der Waals surface area contributed by atoms with Crippen LogP contribution in [-0.2, 0) is 0 Å². The zero-order chi connectivity index (χ0) is 17.6. The molecular formula is C17H18N6O2. The number of methoxy groups -OCH3 is 2. The molecule has 0 aliphatic carbocycles. The third-order valence-electron chi connectivity index (χ3n) is 3.42. The maximum absolute atomic E-state index is 5.33. The molecule has 0 aliphatic heterocycles. The molecule has 2 aromatic heterocycles. The Morgan fingerprint density at radius 2 is 2.04 bits per heavy atom. The molecule has 3 aromatic rings. The Bertz CT molecular complexity index is 890. The first-order valence-corrected chi connectivity index (χ1v) is 7.54. The van der Waals surface area contributed by atoms with Gasteiger partial charge in [0.05, 0.1) is 26.6 Å². The van der Waals surface area contributed by atoms with Crippen LogP contribution in [0.5, 0.6) is 11.5 Å². The Kier molecular flexibility index (Phi) is 4.89. The molecule has 3 rings (SSSR count). The number of benzene rings is 1. The number of hydrogen-bond donors (Lipinski definition) is 1. The molecule has 8 nitrogen and oxygen atoms in total. The van der Waals surface area contributed by atoms with E-state index in [0.717, 1.165) is 16.9 Å². The first-order chi connectivity index (χ1) is 12.2. The minimum atomic E-state index is 0.557. The van der Waals surface area contributed by atoms with E-state index in [9.17, 15) is 0 Å². The van der Waals surface area contributed by atoms with Crippen molar-refractivity contribution >= 4 is 12.0 Å². The molecule has 1 N–H and O–H groups in total. The number of anilines is 1. The number of aryl methyl sites for hydroxylation is 1. The molecule has 0 saturated carbocycles. The molecule has 0 amide bonds. The SMILES string of the molecule is COc1ccc(/C=N/Nc2cc(-n3cc(C)cn3)ncn2)c(OC)c1. The van der Waals surface area contributed by atoms with Crippen molar-refractivity contribution in [1.82, 2.24) is 19.7 Å². The average molecular weight is 338 g/mol. The minimum Gasteiger partial charge on any atom is -0.497 e. The molecule has 0 aliphatic rings. The molecule has 0 spiro atoms. The molecule has 0 fully saturated rings. The van der Waals surface area contributed by atoms with Crippen molar-refractivity contribution in [2.24, 2.45) is 5.10 Å². The summed E-state index contributed by atoms with van der Waals surface area (Å²) in [7, 11) is 3.21. The largest absolute Gasteiger partial charge is 0.497 e. The third kappa shape index (κ3) is 3.92.